The summed E-state index contributed by atoms with van der Waals surface area (Å²) < 4.78 is 0. The molecule has 4 rings (SSSR count). The minimum Gasteiger partial charge on any atom is -0.345 e. The van der Waals surface area contributed by atoms with Crippen LogP contribution in [0, 0.1) is 0 Å². The average molecular weight is 420 g/mol. The van der Waals surface area contributed by atoms with E-state index in [1.807, 2.05) is 53.4 Å². The largest absolute Gasteiger partial charge is 0.345 e. The first kappa shape index (κ1) is 20.9. The second kappa shape index (κ2) is 10.1. The summed E-state index contributed by atoms with van der Waals surface area (Å²) >= 11 is 0. The molecule has 0 aliphatic carbocycles. The quantitative estimate of drug-likeness (QED) is 0.510. The number of likely N-dealkylation sites (tertiary alicyclic amines) is 1. The Kier molecular flexibility index (Phi) is 6.82. The van der Waals surface area contributed by atoms with Gasteiger partial charge in [0.15, 0.2) is 0 Å². The molecule has 0 spiro atoms. The number of aromatic amines is 1. The number of H-pyrrole nitrogens is 1. The maximum atomic E-state index is 12.7. The predicted molar refractivity (Wildman–Crippen MR) is 121 cm³/mol. The van der Waals surface area contributed by atoms with Crippen LogP contribution >= 0.6 is 0 Å². The lowest BCUT2D eigenvalue weighted by atomic mass is 9.98. The van der Waals surface area contributed by atoms with Crippen LogP contribution in [0.15, 0.2) is 54.9 Å². The molecule has 3 amide bonds. The number of fused-ring (bicyclic) bond motifs is 1. The number of hydrogen-bond donors (Lipinski definition) is 3. The van der Waals surface area contributed by atoms with E-state index in [2.05, 4.69) is 20.6 Å². The van der Waals surface area contributed by atoms with E-state index in [4.69, 9.17) is 0 Å². The molecule has 0 radical (unpaired) electrons. The summed E-state index contributed by atoms with van der Waals surface area (Å²) in [6.45, 7) is 2.05. The van der Waals surface area contributed by atoms with Crippen LogP contribution in [0.3, 0.4) is 0 Å². The fourth-order valence-corrected chi connectivity index (χ4v) is 4.07. The molecule has 1 aromatic heterocycles. The minimum atomic E-state index is -0.277. The molecule has 1 aliphatic rings. The number of hydrogen-bond acceptors (Lipinski definition) is 3. The van der Waals surface area contributed by atoms with Crippen LogP contribution in [-0.4, -0.2) is 46.4 Å². The predicted octanol–water partition coefficient (Wildman–Crippen LogP) is 3.74. The summed E-state index contributed by atoms with van der Waals surface area (Å²) in [6, 6.07) is 15.4. The molecule has 1 aliphatic heterocycles. The molecule has 0 saturated carbocycles. The van der Waals surface area contributed by atoms with E-state index in [1.165, 1.54) is 0 Å². The standard InChI is InChI=1S/C24H29N5O2/c30-22-10-5-2-6-14-29(22)15-7-13-25-24(31)28-23(18-8-3-1-4-9-18)19-11-12-20-21(16-19)27-17-26-20/h1,3-4,8-9,11-12,16-17,23H,2,5-7,10,13-15H2,(H,26,27)(H2,25,28,31). The van der Waals surface area contributed by atoms with Gasteiger partial charge in [-0.05, 0) is 42.5 Å². The molecule has 1 atom stereocenters. The first-order chi connectivity index (χ1) is 15.2. The maximum absolute atomic E-state index is 12.7. The van der Waals surface area contributed by atoms with Crippen molar-refractivity contribution in [3.63, 3.8) is 0 Å². The van der Waals surface area contributed by atoms with E-state index in [-0.39, 0.29) is 18.0 Å². The fourth-order valence-electron chi connectivity index (χ4n) is 4.07. The van der Waals surface area contributed by atoms with Crippen molar-refractivity contribution in [3.8, 4) is 0 Å². The zero-order valence-electron chi connectivity index (χ0n) is 17.6. The number of amides is 3. The number of nitrogens with zero attached hydrogens (tertiary/aromatic N) is 2. The van der Waals surface area contributed by atoms with Gasteiger partial charge in [-0.15, -0.1) is 0 Å². The highest BCUT2D eigenvalue weighted by Crippen LogP contribution is 2.24. The van der Waals surface area contributed by atoms with Crippen molar-refractivity contribution in [2.45, 2.75) is 38.1 Å². The second-order valence-corrected chi connectivity index (χ2v) is 7.97. The van der Waals surface area contributed by atoms with Gasteiger partial charge in [-0.1, -0.05) is 42.8 Å². The molecule has 31 heavy (non-hydrogen) atoms. The summed E-state index contributed by atoms with van der Waals surface area (Å²) in [4.78, 5) is 34.1. The maximum Gasteiger partial charge on any atom is 0.315 e. The smallest absolute Gasteiger partial charge is 0.315 e. The van der Waals surface area contributed by atoms with Gasteiger partial charge in [-0.3, -0.25) is 4.79 Å². The highest BCUT2D eigenvalue weighted by molar-refractivity contribution is 5.78. The lowest BCUT2D eigenvalue weighted by molar-refractivity contribution is -0.130. The monoisotopic (exact) mass is 419 g/mol. The van der Waals surface area contributed by atoms with Gasteiger partial charge in [-0.2, -0.15) is 0 Å². The molecular weight excluding hydrogens is 390 g/mol. The lowest BCUT2D eigenvalue weighted by Crippen LogP contribution is -2.40. The molecule has 0 bridgehead atoms. The Labute approximate surface area is 182 Å². The van der Waals surface area contributed by atoms with Crippen LogP contribution in [0.4, 0.5) is 4.79 Å². The Balaban J connectivity index is 1.36. The van der Waals surface area contributed by atoms with E-state index in [0.29, 0.717) is 19.5 Å². The van der Waals surface area contributed by atoms with E-state index < -0.39 is 0 Å². The summed E-state index contributed by atoms with van der Waals surface area (Å²) in [5, 5.41) is 6.05. The second-order valence-electron chi connectivity index (χ2n) is 7.97. The Hall–Kier alpha value is -3.35. The van der Waals surface area contributed by atoms with Gasteiger partial charge in [0.1, 0.15) is 0 Å². The van der Waals surface area contributed by atoms with E-state index >= 15 is 0 Å². The van der Waals surface area contributed by atoms with Crippen molar-refractivity contribution >= 4 is 23.0 Å². The molecule has 3 aromatic rings. The molecular formula is C24H29N5O2. The number of carbonyl (C=O) groups is 2. The zero-order valence-corrected chi connectivity index (χ0v) is 17.6. The van der Waals surface area contributed by atoms with Gasteiger partial charge in [0.05, 0.1) is 23.4 Å². The van der Waals surface area contributed by atoms with Gasteiger partial charge >= 0.3 is 6.03 Å². The Morgan fingerprint density at radius 2 is 1.97 bits per heavy atom. The number of nitrogens with one attached hydrogen (secondary N) is 3. The van der Waals surface area contributed by atoms with Crippen molar-refractivity contribution in [2.75, 3.05) is 19.6 Å². The van der Waals surface area contributed by atoms with Crippen LogP contribution in [0.1, 0.15) is 49.3 Å². The van der Waals surface area contributed by atoms with Crippen molar-refractivity contribution < 1.29 is 9.59 Å². The third kappa shape index (κ3) is 5.42. The first-order valence-corrected chi connectivity index (χ1v) is 11.0. The molecule has 7 heteroatoms. The Morgan fingerprint density at radius 3 is 2.84 bits per heavy atom. The highest BCUT2D eigenvalue weighted by atomic mass is 16.2. The molecule has 7 nitrogen and oxygen atoms in total. The topological polar surface area (TPSA) is 90.1 Å². The van der Waals surface area contributed by atoms with Crippen molar-refractivity contribution in [1.29, 1.82) is 0 Å². The normalized spacial score (nSPS) is 15.5. The van der Waals surface area contributed by atoms with Crippen molar-refractivity contribution in [3.05, 3.63) is 66.0 Å². The molecule has 1 fully saturated rings. The SMILES string of the molecule is O=C(NCCCN1CCCCCC1=O)NC(c1ccccc1)c1ccc2nc[nH]c2c1. The van der Waals surface area contributed by atoms with Gasteiger partial charge in [0, 0.05) is 26.1 Å². The molecule has 2 aromatic carbocycles. The van der Waals surface area contributed by atoms with Gasteiger partial charge in [-0.25, -0.2) is 9.78 Å². The summed E-state index contributed by atoms with van der Waals surface area (Å²) in [5.74, 6) is 0.236. The number of benzene rings is 2. The van der Waals surface area contributed by atoms with Crippen molar-refractivity contribution in [2.24, 2.45) is 0 Å². The summed E-state index contributed by atoms with van der Waals surface area (Å²) in [7, 11) is 0. The number of aromatic nitrogens is 2. The minimum absolute atomic E-state index is 0.222. The van der Waals surface area contributed by atoms with E-state index in [1.54, 1.807) is 6.33 Å². The number of imidazole rings is 1. The Morgan fingerprint density at radius 1 is 1.10 bits per heavy atom. The van der Waals surface area contributed by atoms with Gasteiger partial charge in [0.2, 0.25) is 5.91 Å². The number of carbonyl (C=O) groups excluding carboxylic acids is 2. The zero-order chi connectivity index (χ0) is 21.5. The lowest BCUT2D eigenvalue weighted by Gasteiger charge is -2.22. The summed E-state index contributed by atoms with van der Waals surface area (Å²) in [5.41, 5.74) is 3.81. The van der Waals surface area contributed by atoms with Crippen LogP contribution in [0.2, 0.25) is 0 Å². The van der Waals surface area contributed by atoms with E-state index in [9.17, 15) is 9.59 Å². The highest BCUT2D eigenvalue weighted by Gasteiger charge is 2.18. The van der Waals surface area contributed by atoms with Crippen LogP contribution in [0.25, 0.3) is 11.0 Å². The summed E-state index contributed by atoms with van der Waals surface area (Å²) in [6.07, 6.45) is 6.23. The van der Waals surface area contributed by atoms with Crippen molar-refractivity contribution in [1.82, 2.24) is 25.5 Å². The molecule has 1 unspecified atom stereocenters. The molecule has 162 valence electrons. The third-order valence-electron chi connectivity index (χ3n) is 5.75. The number of urea groups is 1. The third-order valence-corrected chi connectivity index (χ3v) is 5.75. The fraction of sp³-hybridized carbons (Fsp3) is 0.375. The molecule has 1 saturated heterocycles. The Bertz CT molecular complexity index is 1020. The first-order valence-electron chi connectivity index (χ1n) is 11.0. The van der Waals surface area contributed by atoms with Crippen LogP contribution in [-0.2, 0) is 4.79 Å². The van der Waals surface area contributed by atoms with Gasteiger partial charge < -0.3 is 20.5 Å². The van der Waals surface area contributed by atoms with Gasteiger partial charge in [0.25, 0.3) is 0 Å². The molecule has 3 N–H and O–H groups in total. The average Bonchev–Trinajstić information content (AvgIpc) is 3.17. The number of rotatable bonds is 7. The molecule has 2 heterocycles. The van der Waals surface area contributed by atoms with Crippen LogP contribution in [0.5, 0.6) is 0 Å². The van der Waals surface area contributed by atoms with E-state index in [0.717, 1.165) is 54.4 Å². The van der Waals surface area contributed by atoms with Crippen LogP contribution < -0.4 is 10.6 Å².